The lowest BCUT2D eigenvalue weighted by molar-refractivity contribution is -0.131. The van der Waals surface area contributed by atoms with Crippen molar-refractivity contribution in [3.63, 3.8) is 0 Å². The lowest BCUT2D eigenvalue weighted by Crippen LogP contribution is -2.48. The van der Waals surface area contributed by atoms with Crippen LogP contribution in [-0.4, -0.2) is 54.7 Å². The first-order valence-corrected chi connectivity index (χ1v) is 11.4. The SMILES string of the molecule is CC(C)(C)OC(=O)NC1CCC(CCC(=O)N2CCN(c3ccccc3)CC2)CC1. The van der Waals surface area contributed by atoms with Crippen molar-refractivity contribution in [1.82, 2.24) is 10.2 Å². The third-order valence-corrected chi connectivity index (χ3v) is 6.09. The Morgan fingerprint density at radius 2 is 1.63 bits per heavy atom. The molecule has 0 unspecified atom stereocenters. The molecular formula is C24H37N3O3. The van der Waals surface area contributed by atoms with Gasteiger partial charge in [-0.3, -0.25) is 4.79 Å². The number of hydrogen-bond acceptors (Lipinski definition) is 4. The van der Waals surface area contributed by atoms with Gasteiger partial charge < -0.3 is 19.9 Å². The van der Waals surface area contributed by atoms with Crippen LogP contribution in [0.5, 0.6) is 0 Å². The van der Waals surface area contributed by atoms with Gasteiger partial charge in [-0.05, 0) is 70.9 Å². The fourth-order valence-electron chi connectivity index (χ4n) is 4.41. The van der Waals surface area contributed by atoms with Gasteiger partial charge in [-0.2, -0.15) is 0 Å². The average Bonchev–Trinajstić information content (AvgIpc) is 2.72. The number of amides is 2. The Morgan fingerprint density at radius 1 is 1.00 bits per heavy atom. The maximum Gasteiger partial charge on any atom is 0.407 e. The molecule has 6 heteroatoms. The van der Waals surface area contributed by atoms with E-state index in [1.54, 1.807) is 0 Å². The number of nitrogens with one attached hydrogen (secondary N) is 1. The first-order chi connectivity index (χ1) is 14.3. The van der Waals surface area contributed by atoms with E-state index in [-0.39, 0.29) is 18.0 Å². The summed E-state index contributed by atoms with van der Waals surface area (Å²) in [6, 6.07) is 10.6. The third kappa shape index (κ3) is 6.92. The number of hydrogen-bond donors (Lipinski definition) is 1. The Kier molecular flexibility index (Phi) is 7.62. The van der Waals surface area contributed by atoms with Crippen LogP contribution in [0.2, 0.25) is 0 Å². The minimum atomic E-state index is -0.464. The molecular weight excluding hydrogens is 378 g/mol. The number of para-hydroxylation sites is 1. The summed E-state index contributed by atoms with van der Waals surface area (Å²) in [5.41, 5.74) is 0.773. The van der Waals surface area contributed by atoms with Crippen LogP contribution >= 0.6 is 0 Å². The van der Waals surface area contributed by atoms with Crippen LogP contribution in [0, 0.1) is 5.92 Å². The Morgan fingerprint density at radius 3 is 2.23 bits per heavy atom. The molecule has 30 heavy (non-hydrogen) atoms. The highest BCUT2D eigenvalue weighted by molar-refractivity contribution is 5.76. The number of anilines is 1. The van der Waals surface area contributed by atoms with E-state index in [9.17, 15) is 9.59 Å². The van der Waals surface area contributed by atoms with E-state index in [0.29, 0.717) is 12.3 Å². The number of ether oxygens (including phenoxy) is 1. The van der Waals surface area contributed by atoms with Gasteiger partial charge in [-0.15, -0.1) is 0 Å². The van der Waals surface area contributed by atoms with Gasteiger partial charge in [0.1, 0.15) is 5.60 Å². The van der Waals surface area contributed by atoms with Crippen LogP contribution in [0.25, 0.3) is 0 Å². The largest absolute Gasteiger partial charge is 0.444 e. The molecule has 3 rings (SSSR count). The number of rotatable bonds is 5. The van der Waals surface area contributed by atoms with Crippen molar-refractivity contribution in [2.24, 2.45) is 5.92 Å². The van der Waals surface area contributed by atoms with Gasteiger partial charge in [0, 0.05) is 44.3 Å². The van der Waals surface area contributed by atoms with Crippen LogP contribution in [0.4, 0.5) is 10.5 Å². The summed E-state index contributed by atoms with van der Waals surface area (Å²) in [7, 11) is 0. The predicted molar refractivity (Wildman–Crippen MR) is 120 cm³/mol. The maximum atomic E-state index is 12.7. The minimum Gasteiger partial charge on any atom is -0.444 e. The van der Waals surface area contributed by atoms with E-state index in [0.717, 1.165) is 58.3 Å². The Labute approximate surface area is 180 Å². The maximum absolute atomic E-state index is 12.7. The van der Waals surface area contributed by atoms with Gasteiger partial charge in [0.15, 0.2) is 0 Å². The highest BCUT2D eigenvalue weighted by atomic mass is 16.6. The van der Waals surface area contributed by atoms with Gasteiger partial charge in [-0.25, -0.2) is 4.79 Å². The van der Waals surface area contributed by atoms with Crippen LogP contribution in [-0.2, 0) is 9.53 Å². The first-order valence-electron chi connectivity index (χ1n) is 11.4. The lowest BCUT2D eigenvalue weighted by atomic mass is 9.83. The summed E-state index contributed by atoms with van der Waals surface area (Å²) in [6.07, 6.45) is 5.33. The molecule has 0 aromatic heterocycles. The summed E-state index contributed by atoms with van der Waals surface area (Å²) >= 11 is 0. The smallest absolute Gasteiger partial charge is 0.407 e. The zero-order valence-corrected chi connectivity index (χ0v) is 18.7. The normalized spacial score (nSPS) is 22.5. The van der Waals surface area contributed by atoms with Gasteiger partial charge in [0.2, 0.25) is 5.91 Å². The number of piperazine rings is 1. The Balaban J connectivity index is 1.32. The van der Waals surface area contributed by atoms with Crippen molar-refractivity contribution < 1.29 is 14.3 Å². The number of carbonyl (C=O) groups is 2. The van der Waals surface area contributed by atoms with Gasteiger partial charge >= 0.3 is 6.09 Å². The number of alkyl carbamates (subject to hydrolysis) is 1. The van der Waals surface area contributed by atoms with E-state index in [1.807, 2.05) is 31.7 Å². The van der Waals surface area contributed by atoms with Crippen LogP contribution in [0.1, 0.15) is 59.3 Å². The molecule has 2 aliphatic rings. The Bertz CT molecular complexity index is 685. The zero-order valence-electron chi connectivity index (χ0n) is 18.7. The third-order valence-electron chi connectivity index (χ3n) is 6.09. The molecule has 1 aliphatic heterocycles. The fraction of sp³-hybridized carbons (Fsp3) is 0.667. The predicted octanol–water partition coefficient (Wildman–Crippen LogP) is 4.20. The number of benzene rings is 1. The molecule has 0 bridgehead atoms. The van der Waals surface area contributed by atoms with Crippen LogP contribution in [0.15, 0.2) is 30.3 Å². The van der Waals surface area contributed by atoms with E-state index in [1.165, 1.54) is 5.69 Å². The summed E-state index contributed by atoms with van der Waals surface area (Å²) in [6.45, 7) is 9.04. The highest BCUT2D eigenvalue weighted by Crippen LogP contribution is 2.28. The first kappa shape index (κ1) is 22.4. The molecule has 0 atom stereocenters. The molecule has 6 nitrogen and oxygen atoms in total. The molecule has 2 fully saturated rings. The Hall–Kier alpha value is -2.24. The molecule has 1 aliphatic carbocycles. The molecule has 1 N–H and O–H groups in total. The summed E-state index contributed by atoms with van der Waals surface area (Å²) in [5, 5.41) is 2.99. The molecule has 166 valence electrons. The molecule has 0 radical (unpaired) electrons. The summed E-state index contributed by atoms with van der Waals surface area (Å²) in [4.78, 5) is 29.0. The molecule has 0 spiro atoms. The minimum absolute atomic E-state index is 0.192. The molecule has 1 aromatic rings. The highest BCUT2D eigenvalue weighted by Gasteiger charge is 2.26. The summed E-state index contributed by atoms with van der Waals surface area (Å²) in [5.74, 6) is 0.868. The number of carbonyl (C=O) groups excluding carboxylic acids is 2. The van der Waals surface area contributed by atoms with Gasteiger partial charge in [0.05, 0.1) is 0 Å². The molecule has 1 saturated heterocycles. The standard InChI is InChI=1S/C24H37N3O3/c1-24(2,3)30-23(29)25-20-12-9-19(10-13-20)11-14-22(28)27-17-15-26(16-18-27)21-7-5-4-6-8-21/h4-8,19-20H,9-18H2,1-3H3,(H,25,29). The van der Waals surface area contributed by atoms with Crippen molar-refractivity contribution in [1.29, 1.82) is 0 Å². The second-order valence-corrected chi connectivity index (χ2v) is 9.61. The van der Waals surface area contributed by atoms with Gasteiger partial charge in [-0.1, -0.05) is 18.2 Å². The molecule has 2 amide bonds. The fourth-order valence-corrected chi connectivity index (χ4v) is 4.41. The number of nitrogens with zero attached hydrogens (tertiary/aromatic N) is 2. The van der Waals surface area contributed by atoms with E-state index < -0.39 is 5.60 Å². The van der Waals surface area contributed by atoms with E-state index in [2.05, 4.69) is 34.5 Å². The average molecular weight is 416 g/mol. The topological polar surface area (TPSA) is 61.9 Å². The quantitative estimate of drug-likeness (QED) is 0.783. The lowest BCUT2D eigenvalue weighted by Gasteiger charge is -2.36. The van der Waals surface area contributed by atoms with Crippen LogP contribution < -0.4 is 10.2 Å². The van der Waals surface area contributed by atoms with Gasteiger partial charge in [0.25, 0.3) is 0 Å². The van der Waals surface area contributed by atoms with Crippen molar-refractivity contribution in [3.05, 3.63) is 30.3 Å². The zero-order chi connectivity index (χ0) is 21.6. The van der Waals surface area contributed by atoms with Crippen LogP contribution in [0.3, 0.4) is 0 Å². The van der Waals surface area contributed by atoms with E-state index >= 15 is 0 Å². The second-order valence-electron chi connectivity index (χ2n) is 9.61. The van der Waals surface area contributed by atoms with Crippen molar-refractivity contribution >= 4 is 17.7 Å². The molecule has 1 heterocycles. The molecule has 1 saturated carbocycles. The second kappa shape index (κ2) is 10.2. The van der Waals surface area contributed by atoms with E-state index in [4.69, 9.17) is 4.74 Å². The van der Waals surface area contributed by atoms with Crippen molar-refractivity contribution in [2.75, 3.05) is 31.1 Å². The molecule has 1 aromatic carbocycles. The van der Waals surface area contributed by atoms with Crippen molar-refractivity contribution in [3.8, 4) is 0 Å². The van der Waals surface area contributed by atoms with Crippen molar-refractivity contribution in [2.45, 2.75) is 70.9 Å². The summed E-state index contributed by atoms with van der Waals surface area (Å²) < 4.78 is 5.35. The monoisotopic (exact) mass is 415 g/mol.